The first kappa shape index (κ1) is 10.1. The van der Waals surface area contributed by atoms with Gasteiger partial charge in [-0.1, -0.05) is 19.1 Å². The minimum atomic E-state index is -0.230. The summed E-state index contributed by atoms with van der Waals surface area (Å²) in [7, 11) is 0. The molecule has 3 heteroatoms. The normalized spacial score (nSPS) is 26.1. The minimum Gasteiger partial charge on any atom is -0.356 e. The fourth-order valence-corrected chi connectivity index (χ4v) is 2.11. The number of carbonyl (C=O) groups is 1. The minimum absolute atomic E-state index is 0.0239. The van der Waals surface area contributed by atoms with Gasteiger partial charge in [-0.3, -0.25) is 4.79 Å². The van der Waals surface area contributed by atoms with Crippen molar-refractivity contribution in [2.45, 2.75) is 19.3 Å². The fourth-order valence-electron chi connectivity index (χ4n) is 2.11. The molecule has 0 spiro atoms. The Balaban J connectivity index is 2.22. The smallest absolute Gasteiger partial charge is 0.223 e. The average molecular weight is 207 g/mol. The molecule has 80 valence electrons. The molecule has 1 saturated heterocycles. The third kappa shape index (κ3) is 2.01. The van der Waals surface area contributed by atoms with E-state index in [1.165, 1.54) is 12.1 Å². The number of amides is 1. The monoisotopic (exact) mass is 207 g/mol. The third-order valence-corrected chi connectivity index (χ3v) is 3.07. The van der Waals surface area contributed by atoms with Gasteiger partial charge in [-0.25, -0.2) is 4.39 Å². The fraction of sp³-hybridized carbons (Fsp3) is 0.417. The lowest BCUT2D eigenvalue weighted by Gasteiger charge is -2.28. The Morgan fingerprint density at radius 1 is 1.33 bits per heavy atom. The molecule has 1 N–H and O–H groups in total. The van der Waals surface area contributed by atoms with Crippen molar-refractivity contribution in [3.05, 3.63) is 35.6 Å². The van der Waals surface area contributed by atoms with Crippen LogP contribution in [0.2, 0.25) is 0 Å². The van der Waals surface area contributed by atoms with E-state index in [9.17, 15) is 9.18 Å². The zero-order valence-corrected chi connectivity index (χ0v) is 8.66. The van der Waals surface area contributed by atoms with E-state index in [1.54, 1.807) is 12.1 Å². The van der Waals surface area contributed by atoms with Gasteiger partial charge in [-0.15, -0.1) is 0 Å². The lowest BCUT2D eigenvalue weighted by atomic mass is 9.82. The zero-order chi connectivity index (χ0) is 10.8. The maximum atomic E-state index is 12.7. The number of nitrogens with one attached hydrogen (secondary N) is 1. The predicted molar refractivity (Wildman–Crippen MR) is 55.9 cm³/mol. The van der Waals surface area contributed by atoms with Crippen molar-refractivity contribution >= 4 is 5.91 Å². The van der Waals surface area contributed by atoms with E-state index in [4.69, 9.17) is 0 Å². The molecular formula is C12H14FNO. The summed E-state index contributed by atoms with van der Waals surface area (Å²) in [4.78, 5) is 11.5. The molecule has 1 aliphatic rings. The summed E-state index contributed by atoms with van der Waals surface area (Å²) in [6, 6.07) is 6.45. The highest BCUT2D eigenvalue weighted by atomic mass is 19.1. The molecule has 0 saturated carbocycles. The van der Waals surface area contributed by atoms with Crippen molar-refractivity contribution in [2.24, 2.45) is 5.92 Å². The lowest BCUT2D eigenvalue weighted by Crippen LogP contribution is -2.39. The van der Waals surface area contributed by atoms with Gasteiger partial charge >= 0.3 is 0 Å². The molecule has 1 aliphatic heterocycles. The maximum absolute atomic E-state index is 12.7. The van der Waals surface area contributed by atoms with Crippen LogP contribution < -0.4 is 5.32 Å². The highest BCUT2D eigenvalue weighted by molar-refractivity contribution is 5.80. The van der Waals surface area contributed by atoms with Crippen molar-refractivity contribution in [3.8, 4) is 0 Å². The molecule has 2 rings (SSSR count). The van der Waals surface area contributed by atoms with Crippen molar-refractivity contribution < 1.29 is 9.18 Å². The van der Waals surface area contributed by atoms with Crippen molar-refractivity contribution in [1.82, 2.24) is 5.32 Å². The van der Waals surface area contributed by atoms with E-state index in [1.807, 2.05) is 6.92 Å². The van der Waals surface area contributed by atoms with E-state index in [-0.39, 0.29) is 23.6 Å². The van der Waals surface area contributed by atoms with Crippen LogP contribution in [0.1, 0.15) is 24.8 Å². The molecule has 1 heterocycles. The van der Waals surface area contributed by atoms with Crippen LogP contribution in [0.15, 0.2) is 24.3 Å². The van der Waals surface area contributed by atoms with Gasteiger partial charge in [0.25, 0.3) is 0 Å². The van der Waals surface area contributed by atoms with Gasteiger partial charge in [0.2, 0.25) is 5.91 Å². The largest absolute Gasteiger partial charge is 0.356 e. The standard InChI is InChI=1S/C12H14FNO/c1-8-11(6-7-14-12(8)15)9-2-4-10(13)5-3-9/h2-5,8,11H,6-7H2,1H3,(H,14,15)/t8-,11+/m1/s1. The quantitative estimate of drug-likeness (QED) is 0.750. The Hall–Kier alpha value is -1.38. The first-order valence-corrected chi connectivity index (χ1v) is 5.21. The second-order valence-corrected chi connectivity index (χ2v) is 4.03. The van der Waals surface area contributed by atoms with E-state index >= 15 is 0 Å². The highest BCUT2D eigenvalue weighted by Crippen LogP contribution is 2.30. The van der Waals surface area contributed by atoms with Crippen LogP contribution in [0.3, 0.4) is 0 Å². The van der Waals surface area contributed by atoms with Crippen LogP contribution in [-0.2, 0) is 4.79 Å². The van der Waals surface area contributed by atoms with Crippen molar-refractivity contribution in [3.63, 3.8) is 0 Å². The molecule has 15 heavy (non-hydrogen) atoms. The summed E-state index contributed by atoms with van der Waals surface area (Å²) in [5.41, 5.74) is 1.05. The number of carbonyl (C=O) groups excluding carboxylic acids is 1. The van der Waals surface area contributed by atoms with Crippen LogP contribution in [0.4, 0.5) is 4.39 Å². The number of halogens is 1. The van der Waals surface area contributed by atoms with Gasteiger partial charge in [-0.2, -0.15) is 0 Å². The first-order valence-electron chi connectivity index (χ1n) is 5.21. The van der Waals surface area contributed by atoms with E-state index in [0.717, 1.165) is 12.0 Å². The first-order chi connectivity index (χ1) is 7.18. The highest BCUT2D eigenvalue weighted by Gasteiger charge is 2.28. The summed E-state index contributed by atoms with van der Waals surface area (Å²) in [5, 5.41) is 2.83. The molecule has 1 fully saturated rings. The molecule has 1 aromatic rings. The average Bonchev–Trinajstić information content (AvgIpc) is 2.24. The molecule has 1 amide bonds. The molecule has 0 aromatic heterocycles. The molecule has 0 unspecified atom stereocenters. The van der Waals surface area contributed by atoms with Crippen molar-refractivity contribution in [1.29, 1.82) is 0 Å². The van der Waals surface area contributed by atoms with Gasteiger partial charge in [-0.05, 0) is 30.0 Å². The van der Waals surface area contributed by atoms with E-state index in [0.29, 0.717) is 6.54 Å². The van der Waals surface area contributed by atoms with Crippen LogP contribution >= 0.6 is 0 Å². The summed E-state index contributed by atoms with van der Waals surface area (Å²) in [5.74, 6) is 0.0609. The third-order valence-electron chi connectivity index (χ3n) is 3.07. The van der Waals surface area contributed by atoms with Gasteiger partial charge in [0.05, 0.1) is 0 Å². The number of rotatable bonds is 1. The molecule has 2 nitrogen and oxygen atoms in total. The SMILES string of the molecule is C[C@H]1C(=O)NCC[C@@H]1c1ccc(F)cc1. The Bertz CT molecular complexity index is 360. The number of hydrogen-bond acceptors (Lipinski definition) is 1. The van der Waals surface area contributed by atoms with Gasteiger partial charge in [0.15, 0.2) is 0 Å². The second kappa shape index (κ2) is 4.01. The van der Waals surface area contributed by atoms with Crippen LogP contribution in [-0.4, -0.2) is 12.5 Å². The predicted octanol–water partition coefficient (Wildman–Crippen LogP) is 2.07. The molecular weight excluding hydrogens is 193 g/mol. The summed E-state index contributed by atoms with van der Waals surface area (Å²) in [6.07, 6.45) is 0.929. The summed E-state index contributed by atoms with van der Waals surface area (Å²) < 4.78 is 12.7. The summed E-state index contributed by atoms with van der Waals surface area (Å²) >= 11 is 0. The molecule has 0 bridgehead atoms. The Labute approximate surface area is 88.5 Å². The Morgan fingerprint density at radius 3 is 2.67 bits per heavy atom. The molecule has 2 atom stereocenters. The van der Waals surface area contributed by atoms with Crippen molar-refractivity contribution in [2.75, 3.05) is 6.54 Å². The topological polar surface area (TPSA) is 29.1 Å². The zero-order valence-electron chi connectivity index (χ0n) is 8.66. The number of piperidine rings is 1. The van der Waals surface area contributed by atoms with E-state index in [2.05, 4.69) is 5.32 Å². The van der Waals surface area contributed by atoms with Crippen LogP contribution in [0.25, 0.3) is 0 Å². The second-order valence-electron chi connectivity index (χ2n) is 4.03. The van der Waals surface area contributed by atoms with Crippen LogP contribution in [0, 0.1) is 11.7 Å². The number of hydrogen-bond donors (Lipinski definition) is 1. The number of benzene rings is 1. The van der Waals surface area contributed by atoms with Crippen LogP contribution in [0.5, 0.6) is 0 Å². The maximum Gasteiger partial charge on any atom is 0.223 e. The lowest BCUT2D eigenvalue weighted by molar-refractivity contribution is -0.126. The molecule has 0 aliphatic carbocycles. The van der Waals surface area contributed by atoms with E-state index < -0.39 is 0 Å². The van der Waals surface area contributed by atoms with Gasteiger partial charge < -0.3 is 5.32 Å². The molecule has 1 aromatic carbocycles. The Morgan fingerprint density at radius 2 is 2.00 bits per heavy atom. The summed E-state index contributed by atoms with van der Waals surface area (Å²) in [6.45, 7) is 2.63. The Kier molecular flexibility index (Phi) is 2.71. The molecule has 0 radical (unpaired) electrons. The van der Waals surface area contributed by atoms with Gasteiger partial charge in [0, 0.05) is 12.5 Å². The van der Waals surface area contributed by atoms with Gasteiger partial charge in [0.1, 0.15) is 5.82 Å².